The second-order valence-corrected chi connectivity index (χ2v) is 5.41. The van der Waals surface area contributed by atoms with Crippen LogP contribution in [-0.2, 0) is 4.79 Å². The number of hydrogen-bond donors (Lipinski definition) is 1. The first-order chi connectivity index (χ1) is 11.3. The summed E-state index contributed by atoms with van der Waals surface area (Å²) in [6.07, 6.45) is 0. The van der Waals surface area contributed by atoms with Gasteiger partial charge in [-0.2, -0.15) is 0 Å². The molecule has 0 fully saturated rings. The Morgan fingerprint density at radius 1 is 1.38 bits per heavy atom. The molecule has 0 aliphatic rings. The number of nitrogens with one attached hydrogen (secondary N) is 1. The molecule has 1 N–H and O–H groups in total. The minimum Gasteiger partial charge on any atom is -0.477 e. The van der Waals surface area contributed by atoms with Gasteiger partial charge in [-0.3, -0.25) is 14.9 Å². The summed E-state index contributed by atoms with van der Waals surface area (Å²) in [6, 6.07) is 4.11. The molecule has 0 spiro atoms. The van der Waals surface area contributed by atoms with Gasteiger partial charge in [0, 0.05) is 12.1 Å². The van der Waals surface area contributed by atoms with Gasteiger partial charge in [0.1, 0.15) is 5.82 Å². The van der Waals surface area contributed by atoms with E-state index < -0.39 is 28.9 Å². The lowest BCUT2D eigenvalue weighted by Gasteiger charge is -2.09. The summed E-state index contributed by atoms with van der Waals surface area (Å²) in [6.45, 7) is 1.03. The van der Waals surface area contributed by atoms with Crippen LogP contribution in [0, 0.1) is 22.9 Å². The Balaban J connectivity index is 2.08. The van der Waals surface area contributed by atoms with Crippen molar-refractivity contribution in [1.82, 2.24) is 4.98 Å². The molecular weight excluding hydrogens is 364 g/mol. The number of nitro groups is 1. The lowest BCUT2D eigenvalue weighted by Crippen LogP contribution is -2.21. The third kappa shape index (κ3) is 4.30. The average molecular weight is 374 g/mol. The molecule has 7 nitrogen and oxygen atoms in total. The van der Waals surface area contributed by atoms with Crippen LogP contribution in [0.3, 0.4) is 0 Å². The summed E-state index contributed by atoms with van der Waals surface area (Å²) in [5.74, 6) is -1.69. The highest BCUT2D eigenvalue weighted by Crippen LogP contribution is 2.28. The van der Waals surface area contributed by atoms with E-state index in [1.807, 2.05) is 0 Å². The SMILES string of the molecule is Cc1nc(NC(=O)COc2cc(F)ccc2[N+](=O)[O-])c(Cl)cc1Cl. The van der Waals surface area contributed by atoms with Gasteiger partial charge in [0.15, 0.2) is 12.4 Å². The number of benzene rings is 1. The first-order valence-electron chi connectivity index (χ1n) is 6.47. The van der Waals surface area contributed by atoms with Gasteiger partial charge in [0.25, 0.3) is 5.91 Å². The molecule has 1 aromatic heterocycles. The van der Waals surface area contributed by atoms with Gasteiger partial charge in [-0.25, -0.2) is 9.37 Å². The molecule has 0 aliphatic carbocycles. The zero-order valence-electron chi connectivity index (χ0n) is 12.2. The van der Waals surface area contributed by atoms with E-state index in [1.165, 1.54) is 6.07 Å². The van der Waals surface area contributed by atoms with Crippen molar-refractivity contribution in [1.29, 1.82) is 0 Å². The lowest BCUT2D eigenvalue weighted by molar-refractivity contribution is -0.385. The summed E-state index contributed by atoms with van der Waals surface area (Å²) in [4.78, 5) is 26.0. The van der Waals surface area contributed by atoms with Crippen molar-refractivity contribution in [3.05, 3.63) is 55.9 Å². The second-order valence-electron chi connectivity index (χ2n) is 4.59. The van der Waals surface area contributed by atoms with E-state index >= 15 is 0 Å². The molecule has 10 heteroatoms. The third-order valence-corrected chi connectivity index (χ3v) is 3.51. The Hall–Kier alpha value is -2.45. The predicted octanol–water partition coefficient (Wildman–Crippen LogP) is 3.76. The standard InChI is InChI=1S/C14H10Cl2FN3O4/c1-7-9(15)5-10(16)14(18-7)19-13(21)6-24-12-4-8(17)2-3-11(12)20(22)23/h2-5H,6H2,1H3,(H,18,19,21). The molecule has 24 heavy (non-hydrogen) atoms. The number of ether oxygens (including phenoxy) is 1. The highest BCUT2D eigenvalue weighted by atomic mass is 35.5. The summed E-state index contributed by atoms with van der Waals surface area (Å²) in [7, 11) is 0. The molecule has 0 saturated carbocycles. The maximum atomic E-state index is 13.2. The monoisotopic (exact) mass is 373 g/mol. The molecule has 1 aromatic carbocycles. The smallest absolute Gasteiger partial charge is 0.311 e. The van der Waals surface area contributed by atoms with E-state index in [1.54, 1.807) is 6.92 Å². The van der Waals surface area contributed by atoms with E-state index in [0.717, 1.165) is 18.2 Å². The van der Waals surface area contributed by atoms with Crippen LogP contribution in [0.2, 0.25) is 10.0 Å². The minimum atomic E-state index is -0.742. The van der Waals surface area contributed by atoms with E-state index in [-0.39, 0.29) is 16.6 Å². The van der Waals surface area contributed by atoms with Crippen molar-refractivity contribution in [2.24, 2.45) is 0 Å². The van der Waals surface area contributed by atoms with Crippen molar-refractivity contribution in [2.45, 2.75) is 6.92 Å². The van der Waals surface area contributed by atoms with Gasteiger partial charge >= 0.3 is 5.69 Å². The second kappa shape index (κ2) is 7.41. The number of hydrogen-bond acceptors (Lipinski definition) is 5. The van der Waals surface area contributed by atoms with Crippen LogP contribution in [0.1, 0.15) is 5.69 Å². The fourth-order valence-electron chi connectivity index (χ4n) is 1.71. The molecule has 126 valence electrons. The summed E-state index contributed by atoms with van der Waals surface area (Å²) in [5.41, 5.74) is 0.000693. The normalized spacial score (nSPS) is 10.3. The van der Waals surface area contributed by atoms with Crippen LogP contribution in [0.15, 0.2) is 24.3 Å². The Morgan fingerprint density at radius 3 is 2.75 bits per heavy atom. The van der Waals surface area contributed by atoms with Crippen molar-refractivity contribution < 1.29 is 18.8 Å². The lowest BCUT2D eigenvalue weighted by atomic mass is 10.3. The quantitative estimate of drug-likeness (QED) is 0.635. The highest BCUT2D eigenvalue weighted by molar-refractivity contribution is 6.36. The fourth-order valence-corrected chi connectivity index (χ4v) is 2.12. The average Bonchev–Trinajstić information content (AvgIpc) is 2.50. The Kier molecular flexibility index (Phi) is 5.53. The number of aryl methyl sites for hydroxylation is 1. The highest BCUT2D eigenvalue weighted by Gasteiger charge is 2.18. The maximum Gasteiger partial charge on any atom is 0.311 e. The number of carbonyl (C=O) groups excluding carboxylic acids is 1. The largest absolute Gasteiger partial charge is 0.477 e. The van der Waals surface area contributed by atoms with Crippen molar-refractivity contribution in [2.75, 3.05) is 11.9 Å². The minimum absolute atomic E-state index is 0.0703. The van der Waals surface area contributed by atoms with Crippen LogP contribution in [-0.4, -0.2) is 22.4 Å². The Bertz CT molecular complexity index is 817. The van der Waals surface area contributed by atoms with E-state index in [9.17, 15) is 19.3 Å². The third-order valence-electron chi connectivity index (χ3n) is 2.84. The number of anilines is 1. The Labute approximate surface area is 145 Å². The molecule has 0 saturated heterocycles. The molecule has 0 aliphatic heterocycles. The van der Waals surface area contributed by atoms with Gasteiger partial charge in [-0.15, -0.1) is 0 Å². The number of rotatable bonds is 5. The van der Waals surface area contributed by atoms with Crippen LogP contribution < -0.4 is 10.1 Å². The molecule has 0 unspecified atom stereocenters. The number of carbonyl (C=O) groups is 1. The number of nitrogens with zero attached hydrogens (tertiary/aromatic N) is 2. The topological polar surface area (TPSA) is 94.4 Å². The molecule has 2 rings (SSSR count). The van der Waals surface area contributed by atoms with Gasteiger partial charge in [0.2, 0.25) is 5.75 Å². The van der Waals surface area contributed by atoms with Crippen LogP contribution in [0.25, 0.3) is 0 Å². The van der Waals surface area contributed by atoms with Crippen LogP contribution in [0.4, 0.5) is 15.9 Å². The summed E-state index contributed by atoms with van der Waals surface area (Å²) >= 11 is 11.8. The summed E-state index contributed by atoms with van der Waals surface area (Å²) in [5, 5.41) is 13.7. The fraction of sp³-hybridized carbons (Fsp3) is 0.143. The van der Waals surface area contributed by atoms with E-state index in [2.05, 4.69) is 10.3 Å². The van der Waals surface area contributed by atoms with Crippen LogP contribution in [0.5, 0.6) is 5.75 Å². The number of aromatic nitrogens is 1. The first-order valence-corrected chi connectivity index (χ1v) is 7.22. The van der Waals surface area contributed by atoms with E-state index in [4.69, 9.17) is 27.9 Å². The number of nitro benzene ring substituents is 1. The molecular formula is C14H10Cl2FN3O4. The zero-order chi connectivity index (χ0) is 17.9. The zero-order valence-corrected chi connectivity index (χ0v) is 13.7. The molecule has 0 radical (unpaired) electrons. The number of amides is 1. The molecule has 0 atom stereocenters. The molecule has 1 heterocycles. The summed E-state index contributed by atoms with van der Waals surface area (Å²) < 4.78 is 18.2. The van der Waals surface area contributed by atoms with Crippen molar-refractivity contribution >= 4 is 40.6 Å². The predicted molar refractivity (Wildman–Crippen MR) is 86.2 cm³/mol. The number of halogens is 3. The molecule has 1 amide bonds. The van der Waals surface area contributed by atoms with Gasteiger partial charge in [-0.1, -0.05) is 23.2 Å². The first kappa shape index (κ1) is 17.9. The van der Waals surface area contributed by atoms with Gasteiger partial charge in [0.05, 0.1) is 20.7 Å². The Morgan fingerprint density at radius 2 is 2.08 bits per heavy atom. The molecule has 2 aromatic rings. The molecule has 0 bridgehead atoms. The van der Waals surface area contributed by atoms with Crippen molar-refractivity contribution in [3.63, 3.8) is 0 Å². The van der Waals surface area contributed by atoms with E-state index in [0.29, 0.717) is 10.7 Å². The maximum absolute atomic E-state index is 13.2. The van der Waals surface area contributed by atoms with Gasteiger partial charge in [-0.05, 0) is 19.1 Å². The van der Waals surface area contributed by atoms with Crippen LogP contribution >= 0.6 is 23.2 Å². The van der Waals surface area contributed by atoms with Crippen molar-refractivity contribution in [3.8, 4) is 5.75 Å². The van der Waals surface area contributed by atoms with Gasteiger partial charge < -0.3 is 10.1 Å². The number of pyridine rings is 1.